The number of benzene rings is 2. The molecule has 3 heterocycles. The molecule has 1 saturated heterocycles. The smallest absolute Gasteiger partial charge is 0.274 e. The van der Waals surface area contributed by atoms with Crippen molar-refractivity contribution >= 4 is 39.1 Å². The van der Waals surface area contributed by atoms with Crippen LogP contribution in [-0.4, -0.2) is 88.9 Å². The van der Waals surface area contributed by atoms with Crippen LogP contribution >= 0.6 is 11.6 Å². The normalized spacial score (nSPS) is 21.3. The van der Waals surface area contributed by atoms with E-state index in [1.165, 1.54) is 95.1 Å². The lowest BCUT2D eigenvalue weighted by Crippen LogP contribution is -2.64. The van der Waals surface area contributed by atoms with E-state index in [2.05, 4.69) is 4.98 Å². The topological polar surface area (TPSA) is 119 Å². The Kier molecular flexibility index (Phi) is 8.44. The molecule has 0 aliphatic carbocycles. The molecule has 2 aliphatic heterocycles. The number of hydrogen-bond acceptors (Lipinski definition) is 9. The van der Waals surface area contributed by atoms with Gasteiger partial charge in [0.2, 0.25) is 11.8 Å². The molecule has 2 amide bonds. The molecule has 5 rings (SSSR count). The van der Waals surface area contributed by atoms with E-state index in [-0.39, 0.29) is 38.4 Å². The summed E-state index contributed by atoms with van der Waals surface area (Å²) in [6, 6.07) is 9.58. The van der Waals surface area contributed by atoms with Crippen molar-refractivity contribution in [3.8, 4) is 17.4 Å². The number of ether oxygens (including phenoxy) is 3. The standard InChI is InChI=1S/C30H31ClF2N4O7S/c1-35(2)27(38)23-17-29(32,33)12-14-36(23)30(20-7-6-13-34-26(20)44-5)21-15-18(31)8-10-22(21)37(28(30)39)45(40,41)25-11-9-19(42-3)16-24(25)43-4/h6-11,13,15-16,23H,12,14,17H2,1-5H3/t23?,30-/m1/s1. The Morgan fingerprint density at radius 2 is 1.78 bits per heavy atom. The summed E-state index contributed by atoms with van der Waals surface area (Å²) >= 11 is 6.48. The van der Waals surface area contributed by atoms with Crippen molar-refractivity contribution in [1.29, 1.82) is 0 Å². The first-order valence-electron chi connectivity index (χ1n) is 13.7. The van der Waals surface area contributed by atoms with E-state index in [4.69, 9.17) is 25.8 Å². The van der Waals surface area contributed by atoms with Gasteiger partial charge in [0.15, 0.2) is 5.54 Å². The number of alkyl halides is 2. The summed E-state index contributed by atoms with van der Waals surface area (Å²) in [5, 5.41) is 0.132. The van der Waals surface area contributed by atoms with Crippen LogP contribution in [-0.2, 0) is 25.2 Å². The molecule has 15 heteroatoms. The molecule has 1 aromatic heterocycles. The van der Waals surface area contributed by atoms with E-state index in [0.29, 0.717) is 10.1 Å². The second-order valence-corrected chi connectivity index (χ2v) is 13.0. The molecule has 0 bridgehead atoms. The summed E-state index contributed by atoms with van der Waals surface area (Å²) in [6.07, 6.45) is -0.231. The summed E-state index contributed by atoms with van der Waals surface area (Å²) in [4.78, 5) is 35.2. The van der Waals surface area contributed by atoms with Crippen molar-refractivity contribution in [3.63, 3.8) is 0 Å². The van der Waals surface area contributed by atoms with E-state index < -0.39 is 58.7 Å². The predicted octanol–water partition coefficient (Wildman–Crippen LogP) is 3.93. The Morgan fingerprint density at radius 1 is 1.04 bits per heavy atom. The van der Waals surface area contributed by atoms with E-state index in [9.17, 15) is 13.2 Å². The molecule has 1 fully saturated rings. The Labute approximate surface area is 264 Å². The number of anilines is 1. The van der Waals surface area contributed by atoms with Gasteiger partial charge in [0, 0.05) is 61.9 Å². The number of aromatic nitrogens is 1. The molecule has 2 aliphatic rings. The van der Waals surface area contributed by atoms with Crippen molar-refractivity contribution in [2.75, 3.05) is 46.3 Å². The highest BCUT2D eigenvalue weighted by atomic mass is 35.5. The molecular formula is C30H31ClF2N4O7S. The zero-order valence-electron chi connectivity index (χ0n) is 25.1. The molecule has 0 spiro atoms. The van der Waals surface area contributed by atoms with Crippen LogP contribution in [0.5, 0.6) is 17.4 Å². The number of hydrogen-bond donors (Lipinski definition) is 0. The van der Waals surface area contributed by atoms with Gasteiger partial charge in [0.1, 0.15) is 16.4 Å². The Hall–Kier alpha value is -4.01. The maximum absolute atomic E-state index is 15.2. The van der Waals surface area contributed by atoms with Gasteiger partial charge in [-0.25, -0.2) is 26.5 Å². The van der Waals surface area contributed by atoms with Crippen LogP contribution in [0, 0.1) is 0 Å². The van der Waals surface area contributed by atoms with Crippen molar-refractivity contribution in [2.45, 2.75) is 35.2 Å². The number of piperidine rings is 1. The fourth-order valence-electron chi connectivity index (χ4n) is 6.05. The fourth-order valence-corrected chi connectivity index (χ4v) is 7.82. The van der Waals surface area contributed by atoms with Crippen LogP contribution in [0.4, 0.5) is 14.5 Å². The number of halogens is 3. The molecular weight excluding hydrogens is 634 g/mol. The minimum absolute atomic E-state index is 0.0437. The van der Waals surface area contributed by atoms with Gasteiger partial charge in [-0.2, -0.15) is 0 Å². The van der Waals surface area contributed by atoms with E-state index in [1.54, 1.807) is 0 Å². The number of nitrogens with zero attached hydrogens (tertiary/aromatic N) is 4. The van der Waals surface area contributed by atoms with Crippen LogP contribution < -0.4 is 18.5 Å². The number of amides is 2. The van der Waals surface area contributed by atoms with E-state index >= 15 is 13.6 Å². The van der Waals surface area contributed by atoms with Crippen LogP contribution in [0.2, 0.25) is 5.02 Å². The zero-order chi connectivity index (χ0) is 32.9. The quantitative estimate of drug-likeness (QED) is 0.353. The van der Waals surface area contributed by atoms with Gasteiger partial charge in [-0.15, -0.1) is 0 Å². The molecule has 45 heavy (non-hydrogen) atoms. The number of sulfonamides is 1. The Morgan fingerprint density at radius 3 is 2.42 bits per heavy atom. The number of fused-ring (bicyclic) bond motifs is 1. The van der Waals surface area contributed by atoms with Crippen LogP contribution in [0.25, 0.3) is 0 Å². The highest BCUT2D eigenvalue weighted by Crippen LogP contribution is 2.55. The summed E-state index contributed by atoms with van der Waals surface area (Å²) in [6.45, 7) is -0.466. The first kappa shape index (κ1) is 32.4. The second kappa shape index (κ2) is 11.7. The first-order chi connectivity index (χ1) is 21.2. The Bertz CT molecular complexity index is 1770. The van der Waals surface area contributed by atoms with Crippen molar-refractivity contribution in [3.05, 3.63) is 70.9 Å². The van der Waals surface area contributed by atoms with Crippen LogP contribution in [0.15, 0.2) is 59.6 Å². The van der Waals surface area contributed by atoms with Crippen LogP contribution in [0.3, 0.4) is 0 Å². The number of methoxy groups -OCH3 is 3. The number of likely N-dealkylation sites (N-methyl/N-ethyl adjacent to an activating group) is 1. The molecule has 2 atom stereocenters. The number of carbonyl (C=O) groups excluding carboxylic acids is 2. The van der Waals surface area contributed by atoms with Gasteiger partial charge >= 0.3 is 0 Å². The number of rotatable bonds is 8. The van der Waals surface area contributed by atoms with Gasteiger partial charge in [-0.3, -0.25) is 14.5 Å². The molecule has 240 valence electrons. The number of likely N-dealkylation sites (tertiary alicyclic amines) is 1. The largest absolute Gasteiger partial charge is 0.497 e. The third-order valence-electron chi connectivity index (χ3n) is 8.05. The molecule has 0 radical (unpaired) electrons. The number of pyridine rings is 1. The lowest BCUT2D eigenvalue weighted by atomic mass is 9.79. The average molecular weight is 665 g/mol. The monoisotopic (exact) mass is 664 g/mol. The molecule has 0 saturated carbocycles. The molecule has 2 aromatic carbocycles. The maximum Gasteiger partial charge on any atom is 0.274 e. The third-order valence-corrected chi connectivity index (χ3v) is 10.0. The zero-order valence-corrected chi connectivity index (χ0v) is 26.7. The molecule has 11 nitrogen and oxygen atoms in total. The van der Waals surface area contributed by atoms with Gasteiger partial charge in [-0.1, -0.05) is 11.6 Å². The fraction of sp³-hybridized carbons (Fsp3) is 0.367. The van der Waals surface area contributed by atoms with Crippen LogP contribution in [0.1, 0.15) is 24.0 Å². The molecule has 1 unspecified atom stereocenters. The van der Waals surface area contributed by atoms with Gasteiger partial charge < -0.3 is 19.1 Å². The van der Waals surface area contributed by atoms with Crippen molar-refractivity contribution < 1.29 is 41.0 Å². The lowest BCUT2D eigenvalue weighted by molar-refractivity contribution is -0.155. The Balaban J connectivity index is 1.87. The minimum Gasteiger partial charge on any atom is -0.497 e. The molecule has 0 N–H and O–H groups in total. The summed E-state index contributed by atoms with van der Waals surface area (Å²) in [5.74, 6) is -4.89. The number of carbonyl (C=O) groups is 2. The maximum atomic E-state index is 15.2. The third kappa shape index (κ3) is 5.14. The second-order valence-electron chi connectivity index (χ2n) is 10.8. The van der Waals surface area contributed by atoms with Gasteiger partial charge in [-0.05, 0) is 42.5 Å². The summed E-state index contributed by atoms with van der Waals surface area (Å²) < 4.78 is 75.9. The summed E-state index contributed by atoms with van der Waals surface area (Å²) in [5.41, 5.74) is -2.20. The van der Waals surface area contributed by atoms with Gasteiger partial charge in [0.05, 0.1) is 33.1 Å². The predicted molar refractivity (Wildman–Crippen MR) is 161 cm³/mol. The molecule has 3 aromatic rings. The highest BCUT2D eigenvalue weighted by Gasteiger charge is 2.64. The first-order valence-corrected chi connectivity index (χ1v) is 15.5. The average Bonchev–Trinajstić information content (AvgIpc) is 3.27. The van der Waals surface area contributed by atoms with Crippen molar-refractivity contribution in [1.82, 2.24) is 14.8 Å². The minimum atomic E-state index is -4.77. The lowest BCUT2D eigenvalue weighted by Gasteiger charge is -2.48. The van der Waals surface area contributed by atoms with Crippen molar-refractivity contribution in [2.24, 2.45) is 0 Å². The van der Waals surface area contributed by atoms with E-state index in [0.717, 1.165) is 4.90 Å². The van der Waals surface area contributed by atoms with E-state index in [1.807, 2.05) is 0 Å². The highest BCUT2D eigenvalue weighted by molar-refractivity contribution is 7.93. The SMILES string of the molecule is COc1ccc(S(=O)(=O)N2C(=O)[C@](c3cccnc3OC)(N3CCC(F)(F)CC3C(=O)N(C)C)c3cc(Cl)ccc32)c(OC)c1. The summed E-state index contributed by atoms with van der Waals surface area (Å²) in [7, 11) is 2.04. The van der Waals surface area contributed by atoms with Gasteiger partial charge in [0.25, 0.3) is 21.9 Å².